The summed E-state index contributed by atoms with van der Waals surface area (Å²) in [5.41, 5.74) is 1.32. The molecular weight excluding hydrogens is 262 g/mol. The van der Waals surface area contributed by atoms with Gasteiger partial charge in [0.15, 0.2) is 0 Å². The van der Waals surface area contributed by atoms with E-state index in [1.165, 1.54) is 5.56 Å². The molecule has 0 aliphatic heterocycles. The fourth-order valence-electron chi connectivity index (χ4n) is 2.02. The first-order chi connectivity index (χ1) is 10.1. The third-order valence-electron chi connectivity index (χ3n) is 3.56. The van der Waals surface area contributed by atoms with Crippen LogP contribution in [0.1, 0.15) is 32.3 Å². The smallest absolute Gasteiger partial charge is 0.233 e. The third kappa shape index (κ3) is 8.48. The van der Waals surface area contributed by atoms with Crippen LogP contribution < -0.4 is 10.6 Å². The van der Waals surface area contributed by atoms with Gasteiger partial charge in [-0.2, -0.15) is 0 Å². The number of nitrogens with one attached hydrogen (secondary N) is 2. The number of nitrogens with zero attached hydrogens (tertiary/aromatic N) is 1. The molecule has 4 heteroatoms. The van der Waals surface area contributed by atoms with E-state index in [4.69, 9.17) is 0 Å². The van der Waals surface area contributed by atoms with Crippen LogP contribution >= 0.6 is 0 Å². The van der Waals surface area contributed by atoms with Crippen molar-refractivity contribution in [3.05, 3.63) is 35.9 Å². The summed E-state index contributed by atoms with van der Waals surface area (Å²) in [7, 11) is 2.11. The van der Waals surface area contributed by atoms with Crippen LogP contribution in [0.2, 0.25) is 0 Å². The van der Waals surface area contributed by atoms with E-state index in [1.54, 1.807) is 0 Å². The van der Waals surface area contributed by atoms with Gasteiger partial charge in [0, 0.05) is 19.1 Å². The Hall–Kier alpha value is -1.39. The van der Waals surface area contributed by atoms with E-state index in [9.17, 15) is 4.79 Å². The first-order valence-corrected chi connectivity index (χ1v) is 7.84. The Bertz CT molecular complexity index is 394. The zero-order valence-corrected chi connectivity index (χ0v) is 13.6. The number of amides is 1. The molecule has 1 amide bonds. The van der Waals surface area contributed by atoms with Crippen molar-refractivity contribution < 1.29 is 4.79 Å². The lowest BCUT2D eigenvalue weighted by atomic mass is 10.2. The number of hydrogen-bond donors (Lipinski definition) is 2. The Morgan fingerprint density at radius 3 is 2.67 bits per heavy atom. The molecule has 1 aromatic carbocycles. The highest BCUT2D eigenvalue weighted by molar-refractivity contribution is 5.77. The summed E-state index contributed by atoms with van der Waals surface area (Å²) in [5.74, 6) is 0.0843. The predicted octanol–water partition coefficient (Wildman–Crippen LogP) is 2.01. The van der Waals surface area contributed by atoms with E-state index < -0.39 is 0 Å². The van der Waals surface area contributed by atoms with E-state index in [2.05, 4.69) is 60.7 Å². The second-order valence-corrected chi connectivity index (χ2v) is 5.62. The van der Waals surface area contributed by atoms with Gasteiger partial charge < -0.3 is 15.5 Å². The Morgan fingerprint density at radius 2 is 2.00 bits per heavy atom. The molecule has 0 aromatic heterocycles. The summed E-state index contributed by atoms with van der Waals surface area (Å²) >= 11 is 0. The van der Waals surface area contributed by atoms with Gasteiger partial charge in [0.1, 0.15) is 0 Å². The fraction of sp³-hybridized carbons (Fsp3) is 0.588. The summed E-state index contributed by atoms with van der Waals surface area (Å²) in [4.78, 5) is 13.9. The molecule has 1 unspecified atom stereocenters. The molecule has 0 spiro atoms. The van der Waals surface area contributed by atoms with Crippen LogP contribution in [0, 0.1) is 0 Å². The van der Waals surface area contributed by atoms with Crippen molar-refractivity contribution >= 4 is 5.91 Å². The topological polar surface area (TPSA) is 44.4 Å². The first-order valence-electron chi connectivity index (χ1n) is 7.84. The second-order valence-electron chi connectivity index (χ2n) is 5.62. The Balaban J connectivity index is 2.06. The van der Waals surface area contributed by atoms with Crippen molar-refractivity contribution in [2.75, 3.05) is 26.7 Å². The van der Waals surface area contributed by atoms with Crippen LogP contribution in [0.15, 0.2) is 30.3 Å². The Labute approximate surface area is 128 Å². The normalized spacial score (nSPS) is 12.4. The highest BCUT2D eigenvalue weighted by Gasteiger charge is 2.04. The highest BCUT2D eigenvalue weighted by Crippen LogP contribution is 2.02. The van der Waals surface area contributed by atoms with Crippen molar-refractivity contribution in [1.29, 1.82) is 0 Å². The molecule has 21 heavy (non-hydrogen) atoms. The molecule has 2 N–H and O–H groups in total. The molecule has 0 aliphatic carbocycles. The first kappa shape index (κ1) is 17.7. The van der Waals surface area contributed by atoms with Gasteiger partial charge >= 0.3 is 0 Å². The maximum Gasteiger partial charge on any atom is 0.233 e. The molecule has 4 nitrogen and oxygen atoms in total. The van der Waals surface area contributed by atoms with E-state index in [-0.39, 0.29) is 5.91 Å². The molecule has 118 valence electrons. The van der Waals surface area contributed by atoms with Gasteiger partial charge in [-0.15, -0.1) is 0 Å². The summed E-state index contributed by atoms with van der Waals surface area (Å²) in [5, 5.41) is 6.15. The van der Waals surface area contributed by atoms with Gasteiger partial charge in [-0.3, -0.25) is 4.79 Å². The van der Waals surface area contributed by atoms with Crippen LogP contribution in [-0.2, 0) is 11.3 Å². The molecule has 1 atom stereocenters. The van der Waals surface area contributed by atoms with Crippen molar-refractivity contribution in [2.45, 2.75) is 39.3 Å². The molecule has 0 radical (unpaired) electrons. The van der Waals surface area contributed by atoms with Crippen molar-refractivity contribution in [2.24, 2.45) is 0 Å². The highest BCUT2D eigenvalue weighted by atomic mass is 16.1. The summed E-state index contributed by atoms with van der Waals surface area (Å²) in [6.07, 6.45) is 2.01. The average molecular weight is 291 g/mol. The molecule has 0 saturated carbocycles. The van der Waals surface area contributed by atoms with Crippen LogP contribution in [-0.4, -0.2) is 43.5 Å². The number of carbonyl (C=O) groups excluding carboxylic acids is 1. The summed E-state index contributed by atoms with van der Waals surface area (Å²) in [6, 6.07) is 10.8. The summed E-state index contributed by atoms with van der Waals surface area (Å²) < 4.78 is 0. The van der Waals surface area contributed by atoms with Crippen LogP contribution in [0.5, 0.6) is 0 Å². The number of rotatable bonds is 10. The van der Waals surface area contributed by atoms with Gasteiger partial charge in [-0.05, 0) is 38.9 Å². The zero-order chi connectivity index (χ0) is 15.5. The standard InChI is InChI=1S/C17H29N3O/c1-4-15(2)19-13-17(21)18-11-8-12-20(3)14-16-9-6-5-7-10-16/h5-7,9-10,15,19H,4,8,11-14H2,1-3H3,(H,18,21). The Morgan fingerprint density at radius 1 is 1.29 bits per heavy atom. The van der Waals surface area contributed by atoms with Crippen LogP contribution in [0.4, 0.5) is 0 Å². The van der Waals surface area contributed by atoms with Gasteiger partial charge in [0.2, 0.25) is 5.91 Å². The van der Waals surface area contributed by atoms with Gasteiger partial charge in [0.05, 0.1) is 6.54 Å². The maximum atomic E-state index is 11.6. The molecule has 0 saturated heterocycles. The number of benzene rings is 1. The lowest BCUT2D eigenvalue weighted by Gasteiger charge is -2.17. The van der Waals surface area contributed by atoms with Crippen LogP contribution in [0.25, 0.3) is 0 Å². The molecule has 1 rings (SSSR count). The average Bonchev–Trinajstić information content (AvgIpc) is 2.50. The van der Waals surface area contributed by atoms with Gasteiger partial charge in [-0.25, -0.2) is 0 Å². The zero-order valence-electron chi connectivity index (χ0n) is 13.6. The minimum atomic E-state index is 0.0843. The van der Waals surface area contributed by atoms with Crippen molar-refractivity contribution in [3.8, 4) is 0 Å². The van der Waals surface area contributed by atoms with Gasteiger partial charge in [-0.1, -0.05) is 37.3 Å². The molecule has 0 fully saturated rings. The lowest BCUT2D eigenvalue weighted by Crippen LogP contribution is -2.38. The predicted molar refractivity (Wildman–Crippen MR) is 88.2 cm³/mol. The largest absolute Gasteiger partial charge is 0.355 e. The Kier molecular flexibility index (Phi) is 8.71. The summed E-state index contributed by atoms with van der Waals surface area (Å²) in [6.45, 7) is 7.28. The minimum Gasteiger partial charge on any atom is -0.355 e. The third-order valence-corrected chi connectivity index (χ3v) is 3.56. The second kappa shape index (κ2) is 10.4. The van der Waals surface area contributed by atoms with Crippen LogP contribution in [0.3, 0.4) is 0 Å². The van der Waals surface area contributed by atoms with E-state index in [1.807, 2.05) is 6.07 Å². The molecule has 0 heterocycles. The number of carbonyl (C=O) groups is 1. The monoisotopic (exact) mass is 291 g/mol. The fourth-order valence-corrected chi connectivity index (χ4v) is 2.02. The molecule has 0 bridgehead atoms. The van der Waals surface area contributed by atoms with E-state index in [0.717, 1.165) is 32.5 Å². The molecule has 1 aromatic rings. The minimum absolute atomic E-state index is 0.0843. The molecule has 0 aliphatic rings. The molecular formula is C17H29N3O. The maximum absolute atomic E-state index is 11.6. The van der Waals surface area contributed by atoms with Crippen molar-refractivity contribution in [1.82, 2.24) is 15.5 Å². The van der Waals surface area contributed by atoms with E-state index >= 15 is 0 Å². The number of hydrogen-bond acceptors (Lipinski definition) is 3. The quantitative estimate of drug-likeness (QED) is 0.648. The van der Waals surface area contributed by atoms with Gasteiger partial charge in [0.25, 0.3) is 0 Å². The van der Waals surface area contributed by atoms with Crippen molar-refractivity contribution in [3.63, 3.8) is 0 Å². The van der Waals surface area contributed by atoms with E-state index in [0.29, 0.717) is 12.6 Å². The SMILES string of the molecule is CCC(C)NCC(=O)NCCCN(C)Cc1ccccc1. The lowest BCUT2D eigenvalue weighted by molar-refractivity contribution is -0.120.